The van der Waals surface area contributed by atoms with Crippen LogP contribution in [0.4, 0.5) is 0 Å². The van der Waals surface area contributed by atoms with E-state index in [0.29, 0.717) is 12.8 Å². The molecule has 2 N–H and O–H groups in total. The third-order valence-electron chi connectivity index (χ3n) is 2.46. The number of carboxylic acid groups (broad SMARTS) is 1. The van der Waals surface area contributed by atoms with Crippen molar-refractivity contribution in [3.8, 4) is 0 Å². The number of carbonyl (C=O) groups is 2. The molecule has 1 aromatic rings. The molecule has 1 heterocycles. The quantitative estimate of drug-likeness (QED) is 0.792. The van der Waals surface area contributed by atoms with Crippen LogP contribution in [0.15, 0.2) is 12.1 Å². The average Bonchev–Trinajstić information content (AvgIpc) is 2.27. The molecule has 0 aromatic carbocycles. The van der Waals surface area contributed by atoms with Gasteiger partial charge in [-0.15, -0.1) is 0 Å². The van der Waals surface area contributed by atoms with Crippen molar-refractivity contribution in [2.75, 3.05) is 0 Å². The second kappa shape index (κ2) is 7.31. The summed E-state index contributed by atoms with van der Waals surface area (Å²) in [4.78, 5) is 26.0. The number of nitrogens with one attached hydrogen (secondary N) is 1. The van der Waals surface area contributed by atoms with Gasteiger partial charge in [-0.2, -0.15) is 0 Å². The number of carbonyl (C=O) groups excluding carboxylic acids is 1. The van der Waals surface area contributed by atoms with Crippen LogP contribution in [0.2, 0.25) is 10.3 Å². The van der Waals surface area contributed by atoms with Gasteiger partial charge >= 0.3 is 5.97 Å². The van der Waals surface area contributed by atoms with E-state index in [0.717, 1.165) is 0 Å². The van der Waals surface area contributed by atoms with Gasteiger partial charge in [-0.3, -0.25) is 9.59 Å². The van der Waals surface area contributed by atoms with E-state index in [1.54, 1.807) is 6.92 Å². The van der Waals surface area contributed by atoms with Crippen molar-refractivity contribution in [1.82, 2.24) is 10.3 Å². The van der Waals surface area contributed by atoms with E-state index in [4.69, 9.17) is 28.3 Å². The number of carboxylic acids is 1. The molecule has 0 fully saturated rings. The third-order valence-corrected chi connectivity index (χ3v) is 2.96. The largest absolute Gasteiger partial charge is 0.481 e. The molecule has 19 heavy (non-hydrogen) atoms. The van der Waals surface area contributed by atoms with Gasteiger partial charge in [0, 0.05) is 12.5 Å². The number of pyridine rings is 1. The van der Waals surface area contributed by atoms with E-state index >= 15 is 0 Å². The minimum atomic E-state index is -0.844. The first-order valence-electron chi connectivity index (χ1n) is 5.75. The number of hydrogen-bond acceptors (Lipinski definition) is 3. The molecule has 104 valence electrons. The zero-order valence-electron chi connectivity index (χ0n) is 10.3. The van der Waals surface area contributed by atoms with Gasteiger partial charge < -0.3 is 10.4 Å². The van der Waals surface area contributed by atoms with E-state index in [1.165, 1.54) is 12.1 Å². The summed E-state index contributed by atoms with van der Waals surface area (Å²) in [5.74, 6) is -1.19. The van der Waals surface area contributed by atoms with Gasteiger partial charge in [-0.05, 0) is 31.9 Å². The summed E-state index contributed by atoms with van der Waals surface area (Å²) >= 11 is 11.5. The monoisotopic (exact) mass is 304 g/mol. The highest BCUT2D eigenvalue weighted by molar-refractivity contribution is 6.34. The van der Waals surface area contributed by atoms with Crippen molar-refractivity contribution in [1.29, 1.82) is 0 Å². The van der Waals surface area contributed by atoms with Crippen molar-refractivity contribution in [2.24, 2.45) is 0 Å². The van der Waals surface area contributed by atoms with Crippen molar-refractivity contribution < 1.29 is 14.7 Å². The molecule has 5 nitrogen and oxygen atoms in total. The molecule has 0 radical (unpaired) electrons. The molecule has 0 aliphatic rings. The Kier molecular flexibility index (Phi) is 6.05. The molecule has 0 aliphatic carbocycles. The predicted molar refractivity (Wildman–Crippen MR) is 72.7 cm³/mol. The lowest BCUT2D eigenvalue weighted by Crippen LogP contribution is -2.32. The van der Waals surface area contributed by atoms with Gasteiger partial charge in [0.05, 0.1) is 5.56 Å². The molecule has 0 bridgehead atoms. The highest BCUT2D eigenvalue weighted by Gasteiger charge is 2.14. The minimum Gasteiger partial charge on any atom is -0.481 e. The number of amides is 1. The molecule has 0 saturated heterocycles. The zero-order valence-corrected chi connectivity index (χ0v) is 11.8. The molecule has 0 aliphatic heterocycles. The summed E-state index contributed by atoms with van der Waals surface area (Å²) < 4.78 is 0. The minimum absolute atomic E-state index is 0.0442. The summed E-state index contributed by atoms with van der Waals surface area (Å²) in [6.07, 6.45) is 1.17. The van der Waals surface area contributed by atoms with Crippen LogP contribution in [0.5, 0.6) is 0 Å². The Bertz CT molecular complexity index is 480. The average molecular weight is 305 g/mol. The first-order chi connectivity index (χ1) is 8.90. The Balaban J connectivity index is 2.52. The summed E-state index contributed by atoms with van der Waals surface area (Å²) in [5.41, 5.74) is 0.246. The first-order valence-corrected chi connectivity index (χ1v) is 6.50. The summed E-state index contributed by atoms with van der Waals surface area (Å²) in [7, 11) is 0. The van der Waals surface area contributed by atoms with Crippen LogP contribution < -0.4 is 5.32 Å². The summed E-state index contributed by atoms with van der Waals surface area (Å²) in [5, 5.41) is 11.5. The summed E-state index contributed by atoms with van der Waals surface area (Å²) in [6, 6.07) is 2.84. The van der Waals surface area contributed by atoms with E-state index < -0.39 is 5.97 Å². The molecule has 7 heteroatoms. The van der Waals surface area contributed by atoms with Crippen molar-refractivity contribution >= 4 is 35.1 Å². The molecule has 1 amide bonds. The van der Waals surface area contributed by atoms with E-state index in [2.05, 4.69) is 10.3 Å². The number of halogens is 2. The van der Waals surface area contributed by atoms with Crippen molar-refractivity contribution in [3.05, 3.63) is 28.0 Å². The molecule has 1 atom stereocenters. The molecule has 0 spiro atoms. The van der Waals surface area contributed by atoms with E-state index in [-0.39, 0.29) is 34.2 Å². The number of hydrogen-bond donors (Lipinski definition) is 2. The Morgan fingerprint density at radius 2 is 2.11 bits per heavy atom. The second-order valence-electron chi connectivity index (χ2n) is 4.13. The lowest BCUT2D eigenvalue weighted by Gasteiger charge is -2.13. The van der Waals surface area contributed by atoms with E-state index in [9.17, 15) is 9.59 Å². The molecule has 1 aromatic heterocycles. The van der Waals surface area contributed by atoms with Crippen molar-refractivity contribution in [2.45, 2.75) is 32.2 Å². The first kappa shape index (κ1) is 15.7. The van der Waals surface area contributed by atoms with Gasteiger partial charge in [0.25, 0.3) is 5.91 Å². The van der Waals surface area contributed by atoms with E-state index in [1.807, 2.05) is 0 Å². The summed E-state index contributed by atoms with van der Waals surface area (Å²) in [6.45, 7) is 1.80. The molecular weight excluding hydrogens is 291 g/mol. The van der Waals surface area contributed by atoms with Crippen LogP contribution in [-0.4, -0.2) is 28.0 Å². The van der Waals surface area contributed by atoms with Crippen LogP contribution in [-0.2, 0) is 4.79 Å². The Morgan fingerprint density at radius 1 is 1.42 bits per heavy atom. The van der Waals surface area contributed by atoms with Crippen LogP contribution in [0.3, 0.4) is 0 Å². The maximum Gasteiger partial charge on any atom is 0.303 e. The lowest BCUT2D eigenvalue weighted by molar-refractivity contribution is -0.137. The van der Waals surface area contributed by atoms with Gasteiger partial charge in [-0.1, -0.05) is 23.2 Å². The van der Waals surface area contributed by atoms with Crippen LogP contribution in [0.25, 0.3) is 0 Å². The smallest absolute Gasteiger partial charge is 0.303 e. The van der Waals surface area contributed by atoms with Crippen molar-refractivity contribution in [3.63, 3.8) is 0 Å². The predicted octanol–water partition coefficient (Wildman–Crippen LogP) is 2.76. The van der Waals surface area contributed by atoms with Crippen LogP contribution >= 0.6 is 23.2 Å². The number of rotatable bonds is 6. The molecular formula is C12H14Cl2N2O3. The third kappa shape index (κ3) is 5.44. The SMILES string of the molecule is CC(CCCC(=O)O)NC(=O)c1ccc(Cl)nc1Cl. The fourth-order valence-electron chi connectivity index (χ4n) is 1.51. The molecule has 0 saturated carbocycles. The Labute approximate surface area is 120 Å². The Morgan fingerprint density at radius 3 is 2.68 bits per heavy atom. The maximum atomic E-state index is 11.9. The molecule has 1 rings (SSSR count). The lowest BCUT2D eigenvalue weighted by atomic mass is 10.1. The Hall–Kier alpha value is -1.33. The van der Waals surface area contributed by atoms with Crippen LogP contribution in [0.1, 0.15) is 36.5 Å². The highest BCUT2D eigenvalue weighted by atomic mass is 35.5. The maximum absolute atomic E-state index is 11.9. The number of aliphatic carboxylic acids is 1. The molecule has 1 unspecified atom stereocenters. The second-order valence-corrected chi connectivity index (χ2v) is 4.88. The normalized spacial score (nSPS) is 11.9. The number of aromatic nitrogens is 1. The fourth-order valence-corrected chi connectivity index (χ4v) is 1.95. The van der Waals surface area contributed by atoms with Gasteiger partial charge in [-0.25, -0.2) is 4.98 Å². The fraction of sp³-hybridized carbons (Fsp3) is 0.417. The topological polar surface area (TPSA) is 79.3 Å². The standard InChI is InChI=1S/C12H14Cl2N2O3/c1-7(3-2-4-10(17)18)15-12(19)8-5-6-9(13)16-11(8)14/h5-7H,2-4H2,1H3,(H,15,19)(H,17,18). The van der Waals surface area contributed by atoms with Gasteiger partial charge in [0.1, 0.15) is 10.3 Å². The van der Waals surface area contributed by atoms with Gasteiger partial charge in [0.15, 0.2) is 0 Å². The van der Waals surface area contributed by atoms with Crippen LogP contribution in [0, 0.1) is 0 Å². The number of nitrogens with zero attached hydrogens (tertiary/aromatic N) is 1. The zero-order chi connectivity index (χ0) is 14.4. The highest BCUT2D eigenvalue weighted by Crippen LogP contribution is 2.16. The van der Waals surface area contributed by atoms with Gasteiger partial charge in [0.2, 0.25) is 0 Å².